The lowest BCUT2D eigenvalue weighted by molar-refractivity contribution is -0.0526. The van der Waals surface area contributed by atoms with Gasteiger partial charge < -0.3 is 14.2 Å². The Labute approximate surface area is 140 Å². The first-order chi connectivity index (χ1) is 11.9. The number of halogens is 2. The Bertz CT molecular complexity index is 800. The van der Waals surface area contributed by atoms with Gasteiger partial charge >= 0.3 is 6.61 Å². The maximum atomic E-state index is 12.5. The second-order valence-electron chi connectivity index (χ2n) is 4.59. The molecule has 25 heavy (non-hydrogen) atoms. The molecule has 2 N–H and O–H groups in total. The van der Waals surface area contributed by atoms with E-state index in [-0.39, 0.29) is 28.9 Å². The molecule has 0 amide bonds. The van der Waals surface area contributed by atoms with E-state index >= 15 is 0 Å². The molecule has 1 heterocycles. The molecule has 0 aliphatic heterocycles. The molecular weight excluding hydrogens is 340 g/mol. The molecule has 0 aliphatic carbocycles. The topological polar surface area (TPSA) is 111 Å². The van der Waals surface area contributed by atoms with Crippen molar-refractivity contribution in [2.45, 2.75) is 13.5 Å². The molecular formula is C14H15F2N5O4. The molecule has 2 aromatic rings. The maximum Gasteiger partial charge on any atom is 0.387 e. The first kappa shape index (κ1) is 18.1. The van der Waals surface area contributed by atoms with Crippen LogP contribution in [0.2, 0.25) is 0 Å². The number of nitrogens with one attached hydrogen (secondary N) is 2. The highest BCUT2D eigenvalue weighted by Gasteiger charge is 2.17. The van der Waals surface area contributed by atoms with E-state index in [9.17, 15) is 13.6 Å². The van der Waals surface area contributed by atoms with E-state index in [1.807, 2.05) is 0 Å². The highest BCUT2D eigenvalue weighted by atomic mass is 19.3. The number of methoxy groups -OCH3 is 2. The second kappa shape index (κ2) is 8.04. The number of aromatic nitrogens is 3. The van der Waals surface area contributed by atoms with Crippen LogP contribution in [-0.4, -0.2) is 42.2 Å². The Morgan fingerprint density at radius 2 is 1.88 bits per heavy atom. The number of hydrogen-bond acceptors (Lipinski definition) is 8. The first-order valence-corrected chi connectivity index (χ1v) is 6.88. The van der Waals surface area contributed by atoms with Crippen LogP contribution >= 0.6 is 0 Å². The zero-order valence-electron chi connectivity index (χ0n) is 13.5. The molecule has 0 spiro atoms. The molecule has 2 rings (SSSR count). The largest absolute Gasteiger partial charge is 0.493 e. The first-order valence-electron chi connectivity index (χ1n) is 6.88. The van der Waals surface area contributed by atoms with Crippen molar-refractivity contribution in [1.82, 2.24) is 15.2 Å². The SMILES string of the molecule is COc1cc(/C=N\Nc2nnc(C)c(=O)[nH]2)cc(OC)c1OC(F)F. The van der Waals surface area contributed by atoms with Gasteiger partial charge in [0.15, 0.2) is 11.5 Å². The standard InChI is InChI=1S/C14H15F2N5O4/c1-7-12(22)18-14(21-19-7)20-17-6-8-4-9(23-2)11(25-13(15)16)10(5-8)24-3/h4-6,13H,1-3H3,(H2,18,20,21,22)/b17-6-. The van der Waals surface area contributed by atoms with Crippen LogP contribution in [0.4, 0.5) is 14.7 Å². The Morgan fingerprint density at radius 3 is 2.40 bits per heavy atom. The fourth-order valence-electron chi connectivity index (χ4n) is 1.79. The lowest BCUT2D eigenvalue weighted by atomic mass is 10.2. The summed E-state index contributed by atoms with van der Waals surface area (Å²) in [6.45, 7) is -1.51. The lowest BCUT2D eigenvalue weighted by Gasteiger charge is -2.14. The molecule has 1 aromatic carbocycles. The molecule has 11 heteroatoms. The third-order valence-electron chi connectivity index (χ3n) is 2.93. The summed E-state index contributed by atoms with van der Waals surface area (Å²) in [7, 11) is 2.61. The average Bonchev–Trinajstić information content (AvgIpc) is 2.58. The molecule has 134 valence electrons. The van der Waals surface area contributed by atoms with Crippen LogP contribution in [0.15, 0.2) is 22.0 Å². The molecule has 1 aromatic heterocycles. The molecule has 0 radical (unpaired) electrons. The fourth-order valence-corrected chi connectivity index (χ4v) is 1.79. The van der Waals surface area contributed by atoms with Crippen molar-refractivity contribution in [2.24, 2.45) is 5.10 Å². The van der Waals surface area contributed by atoms with Gasteiger partial charge in [-0.25, -0.2) is 5.43 Å². The summed E-state index contributed by atoms with van der Waals surface area (Å²) < 4.78 is 39.5. The van der Waals surface area contributed by atoms with Gasteiger partial charge in [-0.1, -0.05) is 0 Å². The third-order valence-corrected chi connectivity index (χ3v) is 2.93. The van der Waals surface area contributed by atoms with E-state index in [4.69, 9.17) is 9.47 Å². The predicted molar refractivity (Wildman–Crippen MR) is 84.8 cm³/mol. The van der Waals surface area contributed by atoms with Crippen LogP contribution in [0, 0.1) is 6.92 Å². The monoisotopic (exact) mass is 355 g/mol. The number of alkyl halides is 2. The Balaban J connectivity index is 2.23. The normalized spacial score (nSPS) is 11.0. The predicted octanol–water partition coefficient (Wildman–Crippen LogP) is 1.54. The third kappa shape index (κ3) is 4.62. The lowest BCUT2D eigenvalue weighted by Crippen LogP contribution is -2.15. The van der Waals surface area contributed by atoms with Crippen molar-refractivity contribution in [2.75, 3.05) is 19.6 Å². The number of aryl methyl sites for hydroxylation is 1. The zero-order chi connectivity index (χ0) is 18.4. The number of H-pyrrole nitrogens is 1. The molecule has 9 nitrogen and oxygen atoms in total. The summed E-state index contributed by atoms with van der Waals surface area (Å²) in [5.74, 6) is -0.0865. The van der Waals surface area contributed by atoms with Crippen LogP contribution in [0.3, 0.4) is 0 Å². The van der Waals surface area contributed by atoms with Gasteiger partial charge in [0.1, 0.15) is 5.69 Å². The maximum absolute atomic E-state index is 12.5. The molecule has 0 saturated carbocycles. The van der Waals surface area contributed by atoms with Gasteiger partial charge in [0, 0.05) is 5.56 Å². The summed E-state index contributed by atoms with van der Waals surface area (Å²) in [6.07, 6.45) is 1.34. The highest BCUT2D eigenvalue weighted by molar-refractivity contribution is 5.82. The quantitative estimate of drug-likeness (QED) is 0.572. The molecule has 0 saturated heterocycles. The molecule has 0 unspecified atom stereocenters. The average molecular weight is 355 g/mol. The summed E-state index contributed by atoms with van der Waals surface area (Å²) >= 11 is 0. The molecule has 0 atom stereocenters. The van der Waals surface area contributed by atoms with E-state index in [1.54, 1.807) is 0 Å². The van der Waals surface area contributed by atoms with Crippen LogP contribution < -0.4 is 25.2 Å². The summed E-state index contributed by atoms with van der Waals surface area (Å²) in [6, 6.07) is 2.85. The van der Waals surface area contributed by atoms with E-state index in [2.05, 4.69) is 30.4 Å². The summed E-state index contributed by atoms with van der Waals surface area (Å²) in [5, 5.41) is 11.2. The van der Waals surface area contributed by atoms with Crippen molar-refractivity contribution < 1.29 is 23.0 Å². The number of nitrogens with zero attached hydrogens (tertiary/aromatic N) is 3. The minimum atomic E-state index is -3.03. The van der Waals surface area contributed by atoms with Gasteiger partial charge in [0.2, 0.25) is 11.7 Å². The number of hydrazone groups is 1. The number of ether oxygens (including phenoxy) is 3. The van der Waals surface area contributed by atoms with Gasteiger partial charge in [0.25, 0.3) is 5.56 Å². The molecule has 0 fully saturated rings. The summed E-state index contributed by atoms with van der Waals surface area (Å²) in [5.41, 5.74) is 2.78. The van der Waals surface area contributed by atoms with Gasteiger partial charge in [-0.2, -0.15) is 13.9 Å². The van der Waals surface area contributed by atoms with Crippen LogP contribution in [-0.2, 0) is 0 Å². The van der Waals surface area contributed by atoms with Crippen molar-refractivity contribution in [3.63, 3.8) is 0 Å². The van der Waals surface area contributed by atoms with Crippen molar-refractivity contribution >= 4 is 12.2 Å². The van der Waals surface area contributed by atoms with Gasteiger partial charge in [-0.3, -0.25) is 9.78 Å². The smallest absolute Gasteiger partial charge is 0.387 e. The van der Waals surface area contributed by atoms with Crippen molar-refractivity contribution in [1.29, 1.82) is 0 Å². The Hall–Kier alpha value is -3.24. The van der Waals surface area contributed by atoms with Crippen molar-refractivity contribution in [3.8, 4) is 17.2 Å². The molecule has 0 bridgehead atoms. The van der Waals surface area contributed by atoms with E-state index in [0.717, 1.165) is 0 Å². The second-order valence-corrected chi connectivity index (χ2v) is 4.59. The van der Waals surface area contributed by atoms with Gasteiger partial charge in [0.05, 0.1) is 20.4 Å². The zero-order valence-corrected chi connectivity index (χ0v) is 13.5. The number of aromatic amines is 1. The Kier molecular flexibility index (Phi) is 5.82. The fraction of sp³-hybridized carbons (Fsp3) is 0.286. The molecule has 0 aliphatic rings. The minimum absolute atomic E-state index is 0.0448. The van der Waals surface area contributed by atoms with Crippen LogP contribution in [0.1, 0.15) is 11.3 Å². The number of hydrogen-bond donors (Lipinski definition) is 2. The van der Waals surface area contributed by atoms with E-state index in [0.29, 0.717) is 5.56 Å². The Morgan fingerprint density at radius 1 is 1.24 bits per heavy atom. The highest BCUT2D eigenvalue weighted by Crippen LogP contribution is 2.39. The number of rotatable bonds is 7. The van der Waals surface area contributed by atoms with Crippen LogP contribution in [0.25, 0.3) is 0 Å². The van der Waals surface area contributed by atoms with E-state index in [1.165, 1.54) is 39.5 Å². The number of benzene rings is 1. The van der Waals surface area contributed by atoms with Gasteiger partial charge in [-0.15, -0.1) is 10.2 Å². The number of anilines is 1. The van der Waals surface area contributed by atoms with Gasteiger partial charge in [-0.05, 0) is 19.1 Å². The van der Waals surface area contributed by atoms with Crippen molar-refractivity contribution in [3.05, 3.63) is 33.7 Å². The minimum Gasteiger partial charge on any atom is -0.493 e. The van der Waals surface area contributed by atoms with Crippen LogP contribution in [0.5, 0.6) is 17.2 Å². The van der Waals surface area contributed by atoms with E-state index < -0.39 is 12.2 Å². The summed E-state index contributed by atoms with van der Waals surface area (Å²) in [4.78, 5) is 13.8.